The Hall–Kier alpha value is -1.57. The van der Waals surface area contributed by atoms with Crippen molar-refractivity contribution in [3.8, 4) is 0 Å². The van der Waals surface area contributed by atoms with E-state index in [2.05, 4.69) is 4.98 Å². The first kappa shape index (κ1) is 14.8. The number of hydrogen-bond acceptors (Lipinski definition) is 4. The van der Waals surface area contributed by atoms with Gasteiger partial charge in [-0.25, -0.2) is 0 Å². The van der Waals surface area contributed by atoms with Crippen LogP contribution in [-0.4, -0.2) is 28.3 Å². The Kier molecular flexibility index (Phi) is 4.32. The summed E-state index contributed by atoms with van der Waals surface area (Å²) >= 11 is 1.58. The first-order chi connectivity index (χ1) is 9.39. The second-order valence-corrected chi connectivity index (χ2v) is 5.45. The van der Waals surface area contributed by atoms with Crippen molar-refractivity contribution < 1.29 is 22.8 Å². The number of alkyl halides is 3. The smallest absolute Gasteiger partial charge is 0.292 e. The number of carbonyl (C=O) groups is 2. The summed E-state index contributed by atoms with van der Waals surface area (Å²) in [6, 6.07) is 0.713. The molecule has 1 aliphatic rings. The Morgan fingerprint density at radius 2 is 2.15 bits per heavy atom. The van der Waals surface area contributed by atoms with Crippen LogP contribution in [0.1, 0.15) is 22.3 Å². The maximum Gasteiger partial charge on any atom is 0.417 e. The Morgan fingerprint density at radius 3 is 2.75 bits per heavy atom. The van der Waals surface area contributed by atoms with Crippen LogP contribution in [0.25, 0.3) is 0 Å². The molecule has 0 spiro atoms. The first-order valence-electron chi connectivity index (χ1n) is 5.83. The van der Waals surface area contributed by atoms with Gasteiger partial charge in [0.25, 0.3) is 5.91 Å². The predicted molar refractivity (Wildman–Crippen MR) is 67.1 cm³/mol. The van der Waals surface area contributed by atoms with E-state index >= 15 is 0 Å². The van der Waals surface area contributed by atoms with Gasteiger partial charge in [-0.2, -0.15) is 24.9 Å². The van der Waals surface area contributed by atoms with E-state index in [1.54, 1.807) is 11.8 Å². The molecule has 0 aromatic carbocycles. The molecule has 2 amide bonds. The van der Waals surface area contributed by atoms with E-state index in [0.717, 1.165) is 18.1 Å². The lowest BCUT2D eigenvalue weighted by molar-refractivity contribution is -0.138. The molecule has 2 heterocycles. The second-order valence-electron chi connectivity index (χ2n) is 4.30. The molecule has 0 aliphatic carbocycles. The summed E-state index contributed by atoms with van der Waals surface area (Å²) < 4.78 is 38.3. The summed E-state index contributed by atoms with van der Waals surface area (Å²) in [7, 11) is 0. The van der Waals surface area contributed by atoms with E-state index < -0.39 is 29.1 Å². The molecule has 1 atom stereocenters. The molecule has 1 fully saturated rings. The highest BCUT2D eigenvalue weighted by atomic mass is 32.2. The van der Waals surface area contributed by atoms with Crippen LogP contribution in [0.5, 0.6) is 0 Å². The van der Waals surface area contributed by atoms with Crippen molar-refractivity contribution in [1.29, 1.82) is 0 Å². The Balaban J connectivity index is 2.15. The number of imide groups is 1. The molecular weight excluding hydrogens is 293 g/mol. The van der Waals surface area contributed by atoms with E-state index in [9.17, 15) is 22.8 Å². The fourth-order valence-corrected chi connectivity index (χ4v) is 3.07. The highest BCUT2D eigenvalue weighted by Gasteiger charge is 2.36. The standard InChI is InChI=1S/C12H11F3N2O2S/c13-12(14,15)9-1-3-16-5-8(9)11(19)17-10(18)7-2-4-20-6-7/h1,3,5,7H,2,4,6H2,(H,17,18,19). The molecule has 1 N–H and O–H groups in total. The van der Waals surface area contributed by atoms with Crippen LogP contribution >= 0.6 is 11.8 Å². The molecule has 8 heteroatoms. The number of nitrogens with one attached hydrogen (secondary N) is 1. The van der Waals surface area contributed by atoms with Crippen LogP contribution in [-0.2, 0) is 11.0 Å². The monoisotopic (exact) mass is 304 g/mol. The maximum atomic E-state index is 12.8. The molecule has 108 valence electrons. The number of carbonyl (C=O) groups excluding carboxylic acids is 2. The predicted octanol–water partition coefficient (Wildman–Crippen LogP) is 2.11. The van der Waals surface area contributed by atoms with Gasteiger partial charge >= 0.3 is 6.18 Å². The van der Waals surface area contributed by atoms with Crippen LogP contribution in [0.4, 0.5) is 13.2 Å². The zero-order valence-corrected chi connectivity index (χ0v) is 11.1. The molecule has 1 unspecified atom stereocenters. The molecule has 1 aromatic heterocycles. The maximum absolute atomic E-state index is 12.8. The van der Waals surface area contributed by atoms with Crippen molar-refractivity contribution >= 4 is 23.6 Å². The number of amides is 2. The second kappa shape index (κ2) is 5.82. The van der Waals surface area contributed by atoms with E-state index in [1.807, 2.05) is 5.32 Å². The first-order valence-corrected chi connectivity index (χ1v) is 6.99. The zero-order chi connectivity index (χ0) is 14.8. The van der Waals surface area contributed by atoms with Gasteiger partial charge in [0, 0.05) is 24.1 Å². The number of halogens is 3. The minimum absolute atomic E-state index is 0.324. The Morgan fingerprint density at radius 1 is 1.40 bits per heavy atom. The molecule has 0 bridgehead atoms. The van der Waals surface area contributed by atoms with Gasteiger partial charge in [-0.05, 0) is 18.2 Å². The normalized spacial score (nSPS) is 18.9. The van der Waals surface area contributed by atoms with E-state index in [4.69, 9.17) is 0 Å². The van der Waals surface area contributed by atoms with E-state index in [1.165, 1.54) is 0 Å². The fraction of sp³-hybridized carbons (Fsp3) is 0.417. The summed E-state index contributed by atoms with van der Waals surface area (Å²) in [4.78, 5) is 27.1. The summed E-state index contributed by atoms with van der Waals surface area (Å²) in [5.41, 5.74) is -1.74. The molecule has 1 aliphatic heterocycles. The average molecular weight is 304 g/mol. The van der Waals surface area contributed by atoms with Gasteiger partial charge in [0.1, 0.15) is 0 Å². The molecule has 1 saturated heterocycles. The van der Waals surface area contributed by atoms with Crippen LogP contribution in [0.15, 0.2) is 18.5 Å². The van der Waals surface area contributed by atoms with Crippen molar-refractivity contribution in [1.82, 2.24) is 10.3 Å². The molecular formula is C12H11F3N2O2S. The zero-order valence-electron chi connectivity index (χ0n) is 10.2. The lowest BCUT2D eigenvalue weighted by atomic mass is 10.1. The van der Waals surface area contributed by atoms with Crippen molar-refractivity contribution in [3.05, 3.63) is 29.6 Å². The molecule has 0 saturated carbocycles. The Bertz CT molecular complexity index is 528. The van der Waals surface area contributed by atoms with Gasteiger partial charge in [-0.15, -0.1) is 0 Å². The van der Waals surface area contributed by atoms with Crippen molar-refractivity contribution in [3.63, 3.8) is 0 Å². The van der Waals surface area contributed by atoms with Gasteiger partial charge in [-0.3, -0.25) is 19.9 Å². The molecule has 2 rings (SSSR count). The molecule has 1 aromatic rings. The molecule has 4 nitrogen and oxygen atoms in total. The van der Waals surface area contributed by atoms with Gasteiger partial charge < -0.3 is 0 Å². The Labute approximate surface area is 117 Å². The number of thioether (sulfide) groups is 1. The molecule has 20 heavy (non-hydrogen) atoms. The quantitative estimate of drug-likeness (QED) is 0.850. The number of hydrogen-bond donors (Lipinski definition) is 1. The van der Waals surface area contributed by atoms with Crippen molar-refractivity contribution in [2.24, 2.45) is 5.92 Å². The third-order valence-electron chi connectivity index (χ3n) is 2.91. The lowest BCUT2D eigenvalue weighted by Crippen LogP contribution is -2.36. The summed E-state index contributed by atoms with van der Waals surface area (Å²) in [6.07, 6.45) is -2.27. The van der Waals surface area contributed by atoms with Gasteiger partial charge in [0.2, 0.25) is 5.91 Å². The van der Waals surface area contributed by atoms with Crippen molar-refractivity contribution in [2.45, 2.75) is 12.6 Å². The third-order valence-corrected chi connectivity index (χ3v) is 4.07. The van der Waals surface area contributed by atoms with Crippen LogP contribution in [0.3, 0.4) is 0 Å². The summed E-state index contributed by atoms with van der Waals surface area (Å²) in [6.45, 7) is 0. The third kappa shape index (κ3) is 3.30. The summed E-state index contributed by atoms with van der Waals surface area (Å²) in [5, 5.41) is 2.02. The molecule has 0 radical (unpaired) electrons. The minimum Gasteiger partial charge on any atom is -0.292 e. The SMILES string of the molecule is O=C(NC(=O)C1CCSC1)c1cnccc1C(F)(F)F. The number of pyridine rings is 1. The lowest BCUT2D eigenvalue weighted by Gasteiger charge is -2.13. The fourth-order valence-electron chi connectivity index (χ4n) is 1.85. The van der Waals surface area contributed by atoms with Crippen LogP contribution in [0.2, 0.25) is 0 Å². The minimum atomic E-state index is -4.66. The van der Waals surface area contributed by atoms with E-state index in [-0.39, 0.29) is 5.92 Å². The summed E-state index contributed by atoms with van der Waals surface area (Å²) in [5.74, 6) is -0.523. The van der Waals surface area contributed by atoms with Gasteiger partial charge in [0.15, 0.2) is 0 Å². The van der Waals surface area contributed by atoms with Gasteiger partial charge in [0.05, 0.1) is 11.1 Å². The highest BCUT2D eigenvalue weighted by Crippen LogP contribution is 2.31. The van der Waals surface area contributed by atoms with E-state index in [0.29, 0.717) is 18.2 Å². The van der Waals surface area contributed by atoms with Crippen molar-refractivity contribution in [2.75, 3.05) is 11.5 Å². The van der Waals surface area contributed by atoms with Crippen LogP contribution < -0.4 is 5.32 Å². The largest absolute Gasteiger partial charge is 0.417 e. The number of nitrogens with zero attached hydrogens (tertiary/aromatic N) is 1. The average Bonchev–Trinajstić information content (AvgIpc) is 2.91. The number of rotatable bonds is 2. The van der Waals surface area contributed by atoms with Crippen LogP contribution in [0, 0.1) is 5.92 Å². The number of aromatic nitrogens is 1. The topological polar surface area (TPSA) is 59.1 Å². The van der Waals surface area contributed by atoms with Gasteiger partial charge in [-0.1, -0.05) is 0 Å². The highest BCUT2D eigenvalue weighted by molar-refractivity contribution is 7.99.